The standard InChI is InChI=1S/C7H16O4Si/c1-3-5-7-11-12(8,9)10-6-4-2/h4,8-9H,2-3,5-7H2,1H3. The molecule has 0 aliphatic heterocycles. The van der Waals surface area contributed by atoms with Crippen molar-refractivity contribution in [1.29, 1.82) is 0 Å². The molecule has 0 rings (SSSR count). The summed E-state index contributed by atoms with van der Waals surface area (Å²) in [6.07, 6.45) is 3.19. The van der Waals surface area contributed by atoms with Gasteiger partial charge in [-0.05, 0) is 6.42 Å². The molecule has 0 radical (unpaired) electrons. The van der Waals surface area contributed by atoms with Crippen molar-refractivity contribution in [1.82, 2.24) is 0 Å². The quantitative estimate of drug-likeness (QED) is 0.349. The topological polar surface area (TPSA) is 58.9 Å². The van der Waals surface area contributed by atoms with E-state index in [0.717, 1.165) is 12.8 Å². The first-order valence-corrected chi connectivity index (χ1v) is 5.67. The Morgan fingerprint density at radius 3 is 2.58 bits per heavy atom. The van der Waals surface area contributed by atoms with Crippen LogP contribution < -0.4 is 0 Å². The maximum absolute atomic E-state index is 9.07. The molecule has 0 bridgehead atoms. The van der Waals surface area contributed by atoms with E-state index in [2.05, 4.69) is 11.0 Å². The lowest BCUT2D eigenvalue weighted by Gasteiger charge is -2.15. The van der Waals surface area contributed by atoms with Crippen LogP contribution in [0.2, 0.25) is 0 Å². The number of unbranched alkanes of at least 4 members (excludes halogenated alkanes) is 1. The van der Waals surface area contributed by atoms with Gasteiger partial charge >= 0.3 is 9.05 Å². The van der Waals surface area contributed by atoms with Gasteiger partial charge in [0.05, 0.1) is 6.61 Å². The van der Waals surface area contributed by atoms with Gasteiger partial charge in [-0.3, -0.25) is 0 Å². The largest absolute Gasteiger partial charge is 0.674 e. The van der Waals surface area contributed by atoms with E-state index in [1.54, 1.807) is 0 Å². The Hall–Kier alpha value is -0.203. The second-order valence-electron chi connectivity index (χ2n) is 2.35. The smallest absolute Gasteiger partial charge is 0.367 e. The molecule has 0 atom stereocenters. The van der Waals surface area contributed by atoms with Crippen molar-refractivity contribution >= 4 is 9.05 Å². The fourth-order valence-corrected chi connectivity index (χ4v) is 1.39. The molecule has 4 nitrogen and oxygen atoms in total. The van der Waals surface area contributed by atoms with Gasteiger partial charge in [0, 0.05) is 6.61 Å². The Labute approximate surface area is 73.9 Å². The van der Waals surface area contributed by atoms with E-state index in [4.69, 9.17) is 14.0 Å². The molecular weight excluding hydrogens is 176 g/mol. The van der Waals surface area contributed by atoms with Crippen LogP contribution >= 0.6 is 0 Å². The molecule has 0 unspecified atom stereocenters. The number of rotatable bonds is 7. The van der Waals surface area contributed by atoms with Crippen LogP contribution in [0.3, 0.4) is 0 Å². The number of hydrogen-bond acceptors (Lipinski definition) is 4. The van der Waals surface area contributed by atoms with Crippen LogP contribution in [0.25, 0.3) is 0 Å². The molecule has 0 aliphatic rings. The van der Waals surface area contributed by atoms with Gasteiger partial charge in [-0.15, -0.1) is 6.58 Å². The molecule has 0 saturated carbocycles. The highest BCUT2D eigenvalue weighted by molar-refractivity contribution is 6.50. The molecule has 0 saturated heterocycles. The lowest BCUT2D eigenvalue weighted by Crippen LogP contribution is -2.43. The second kappa shape index (κ2) is 6.33. The highest BCUT2D eigenvalue weighted by Gasteiger charge is 2.35. The van der Waals surface area contributed by atoms with Crippen molar-refractivity contribution in [2.75, 3.05) is 13.2 Å². The van der Waals surface area contributed by atoms with Gasteiger partial charge in [0.25, 0.3) is 0 Å². The van der Waals surface area contributed by atoms with Crippen molar-refractivity contribution in [3.63, 3.8) is 0 Å². The van der Waals surface area contributed by atoms with Crippen molar-refractivity contribution < 1.29 is 18.4 Å². The molecule has 0 fully saturated rings. The summed E-state index contributed by atoms with van der Waals surface area (Å²) in [5.41, 5.74) is 0. The maximum atomic E-state index is 9.07. The molecule has 0 aliphatic carbocycles. The highest BCUT2D eigenvalue weighted by atomic mass is 28.4. The zero-order valence-corrected chi connectivity index (χ0v) is 8.32. The second-order valence-corrected chi connectivity index (χ2v) is 4.02. The van der Waals surface area contributed by atoms with Gasteiger partial charge in [0.2, 0.25) is 0 Å². The van der Waals surface area contributed by atoms with Crippen LogP contribution in [0.5, 0.6) is 0 Å². The van der Waals surface area contributed by atoms with Crippen LogP contribution in [-0.2, 0) is 8.85 Å². The Bertz CT molecular complexity index is 127. The fourth-order valence-electron chi connectivity index (χ4n) is 0.559. The van der Waals surface area contributed by atoms with Crippen molar-refractivity contribution in [2.45, 2.75) is 19.8 Å². The predicted octanol–water partition coefficient (Wildman–Crippen LogP) is 0.426. The van der Waals surface area contributed by atoms with Crippen LogP contribution in [0.15, 0.2) is 12.7 Å². The normalized spacial score (nSPS) is 11.6. The molecule has 0 aromatic rings. The average Bonchev–Trinajstić information content (AvgIpc) is 2.01. The van der Waals surface area contributed by atoms with Gasteiger partial charge in [0.1, 0.15) is 0 Å². The van der Waals surface area contributed by atoms with Gasteiger partial charge in [0.15, 0.2) is 0 Å². The van der Waals surface area contributed by atoms with Crippen LogP contribution in [0.4, 0.5) is 0 Å². The number of hydrogen-bond donors (Lipinski definition) is 2. The van der Waals surface area contributed by atoms with Crippen molar-refractivity contribution in [3.05, 3.63) is 12.7 Å². The summed E-state index contributed by atoms with van der Waals surface area (Å²) in [7, 11) is -3.83. The van der Waals surface area contributed by atoms with E-state index in [0.29, 0.717) is 6.61 Å². The Morgan fingerprint density at radius 2 is 2.08 bits per heavy atom. The first-order chi connectivity index (χ1) is 5.62. The van der Waals surface area contributed by atoms with E-state index in [1.807, 2.05) is 6.92 Å². The molecule has 12 heavy (non-hydrogen) atoms. The Morgan fingerprint density at radius 1 is 1.42 bits per heavy atom. The minimum atomic E-state index is -3.83. The van der Waals surface area contributed by atoms with Crippen LogP contribution in [-0.4, -0.2) is 31.9 Å². The third kappa shape index (κ3) is 6.50. The van der Waals surface area contributed by atoms with Crippen LogP contribution in [0, 0.1) is 0 Å². The maximum Gasteiger partial charge on any atom is 0.674 e. The van der Waals surface area contributed by atoms with Gasteiger partial charge in [-0.1, -0.05) is 19.4 Å². The molecule has 0 heterocycles. The molecule has 0 spiro atoms. The summed E-state index contributed by atoms with van der Waals surface area (Å²) >= 11 is 0. The first kappa shape index (κ1) is 11.8. The SMILES string of the molecule is C=CCO[Si](O)(O)OCCCC. The van der Waals surface area contributed by atoms with Crippen molar-refractivity contribution in [2.24, 2.45) is 0 Å². The van der Waals surface area contributed by atoms with Crippen LogP contribution in [0.1, 0.15) is 19.8 Å². The summed E-state index contributed by atoms with van der Waals surface area (Å²) < 4.78 is 9.39. The van der Waals surface area contributed by atoms with Gasteiger partial charge in [-0.2, -0.15) is 0 Å². The first-order valence-electron chi connectivity index (χ1n) is 3.96. The fraction of sp³-hybridized carbons (Fsp3) is 0.714. The zero-order chi connectivity index (χ0) is 9.45. The minimum Gasteiger partial charge on any atom is -0.367 e. The molecule has 72 valence electrons. The molecular formula is C7H16O4Si. The van der Waals surface area contributed by atoms with Gasteiger partial charge < -0.3 is 18.4 Å². The van der Waals surface area contributed by atoms with E-state index in [-0.39, 0.29) is 6.61 Å². The third-order valence-corrected chi connectivity index (χ3v) is 2.30. The molecule has 0 aromatic carbocycles. The van der Waals surface area contributed by atoms with E-state index < -0.39 is 9.05 Å². The Balaban J connectivity index is 3.48. The van der Waals surface area contributed by atoms with Gasteiger partial charge in [-0.25, -0.2) is 0 Å². The molecule has 5 heteroatoms. The predicted molar refractivity (Wildman–Crippen MR) is 47.2 cm³/mol. The minimum absolute atomic E-state index is 0.103. The third-order valence-electron chi connectivity index (χ3n) is 1.18. The lowest BCUT2D eigenvalue weighted by atomic mass is 10.4. The highest BCUT2D eigenvalue weighted by Crippen LogP contribution is 2.00. The van der Waals surface area contributed by atoms with E-state index >= 15 is 0 Å². The van der Waals surface area contributed by atoms with E-state index in [1.165, 1.54) is 6.08 Å². The average molecular weight is 192 g/mol. The van der Waals surface area contributed by atoms with Crippen molar-refractivity contribution in [3.8, 4) is 0 Å². The summed E-state index contributed by atoms with van der Waals surface area (Å²) in [4.78, 5) is 18.1. The summed E-state index contributed by atoms with van der Waals surface area (Å²) in [6, 6.07) is 0. The lowest BCUT2D eigenvalue weighted by molar-refractivity contribution is 0.0314. The monoisotopic (exact) mass is 192 g/mol. The molecule has 0 amide bonds. The summed E-state index contributed by atoms with van der Waals surface area (Å²) in [5.74, 6) is 0. The zero-order valence-electron chi connectivity index (χ0n) is 7.32. The summed E-state index contributed by atoms with van der Waals surface area (Å²) in [5, 5.41) is 0. The molecule has 2 N–H and O–H groups in total. The molecule has 0 aromatic heterocycles. The summed E-state index contributed by atoms with van der Waals surface area (Å²) in [6.45, 7) is 5.80. The Kier molecular flexibility index (Phi) is 6.22. The van der Waals surface area contributed by atoms with E-state index in [9.17, 15) is 0 Å².